The first-order valence-corrected chi connectivity index (χ1v) is 11.5. The van der Waals surface area contributed by atoms with Crippen LogP contribution in [0.25, 0.3) is 28.6 Å². The molecule has 0 fully saturated rings. The van der Waals surface area contributed by atoms with Gasteiger partial charge in [0.05, 0.1) is 11.5 Å². The molecule has 1 heterocycles. The number of aromatic nitrogens is 1. The molecule has 11 heteroatoms. The molecule has 0 radical (unpaired) electrons. The van der Waals surface area contributed by atoms with Crippen molar-refractivity contribution in [1.29, 1.82) is 0 Å². The second-order valence-corrected chi connectivity index (χ2v) is 8.22. The lowest BCUT2D eigenvalue weighted by atomic mass is 10.2. The van der Waals surface area contributed by atoms with Gasteiger partial charge in [-0.15, -0.1) is 0 Å². The van der Waals surface area contributed by atoms with Crippen LogP contribution in [0.3, 0.4) is 0 Å². The molecule has 36 heavy (non-hydrogen) atoms. The van der Waals surface area contributed by atoms with Gasteiger partial charge in [-0.25, -0.2) is 4.98 Å². The minimum Gasteiger partial charge on any atom is -0.494 e. The highest BCUT2D eigenvalue weighted by atomic mass is 35.5. The highest BCUT2D eigenvalue weighted by Gasteiger charge is 2.12. The van der Waals surface area contributed by atoms with Gasteiger partial charge in [0.2, 0.25) is 11.8 Å². The maximum Gasteiger partial charge on any atom is 0.288 e. The Bertz CT molecular complexity index is 1480. The van der Waals surface area contributed by atoms with Crippen LogP contribution in [-0.4, -0.2) is 27.5 Å². The van der Waals surface area contributed by atoms with Gasteiger partial charge in [-0.3, -0.25) is 20.2 Å². The number of halogens is 1. The van der Waals surface area contributed by atoms with E-state index < -0.39 is 10.8 Å². The second-order valence-electron chi connectivity index (χ2n) is 7.40. The zero-order chi connectivity index (χ0) is 25.7. The number of thiocarbonyl (C=S) groups is 1. The summed E-state index contributed by atoms with van der Waals surface area (Å²) >= 11 is 11.0. The van der Waals surface area contributed by atoms with Crippen LogP contribution in [0.2, 0.25) is 5.02 Å². The number of nitro groups is 1. The molecule has 4 rings (SSSR count). The average Bonchev–Trinajstić information content (AvgIpc) is 3.27. The predicted octanol–water partition coefficient (Wildman–Crippen LogP) is 5.98. The normalized spacial score (nSPS) is 10.9. The summed E-state index contributed by atoms with van der Waals surface area (Å²) in [5, 5.41) is 16.5. The summed E-state index contributed by atoms with van der Waals surface area (Å²) in [4.78, 5) is 27.2. The number of rotatable bonds is 7. The molecule has 0 aliphatic rings. The Morgan fingerprint density at radius 1 is 1.19 bits per heavy atom. The van der Waals surface area contributed by atoms with Crippen LogP contribution in [0.4, 0.5) is 11.4 Å². The summed E-state index contributed by atoms with van der Waals surface area (Å²) < 4.78 is 11.3. The molecule has 0 bridgehead atoms. The van der Waals surface area contributed by atoms with E-state index in [4.69, 9.17) is 33.0 Å². The highest BCUT2D eigenvalue weighted by Crippen LogP contribution is 2.28. The van der Waals surface area contributed by atoms with Crippen LogP contribution in [0.5, 0.6) is 5.75 Å². The molecule has 0 atom stereocenters. The monoisotopic (exact) mass is 522 g/mol. The molecular formula is C25H19ClN4O5S. The molecule has 182 valence electrons. The molecule has 9 nitrogen and oxygen atoms in total. The SMILES string of the molecule is CCOc1ccc(-c2nc3cc(NC(=S)NC(=O)C=Cc4ccc(Cl)c([N+](=O)[O-])c4)ccc3o2)cc1. The smallest absolute Gasteiger partial charge is 0.288 e. The van der Waals surface area contributed by atoms with Gasteiger partial charge < -0.3 is 14.5 Å². The second kappa shape index (κ2) is 11.0. The van der Waals surface area contributed by atoms with Gasteiger partial charge in [0.1, 0.15) is 16.3 Å². The molecule has 0 unspecified atom stereocenters. The van der Waals surface area contributed by atoms with Crippen molar-refractivity contribution >= 4 is 63.4 Å². The summed E-state index contributed by atoms with van der Waals surface area (Å²) in [6.07, 6.45) is 2.63. The summed E-state index contributed by atoms with van der Waals surface area (Å²) in [5.74, 6) is 0.725. The fourth-order valence-electron chi connectivity index (χ4n) is 3.25. The number of ether oxygens (including phenoxy) is 1. The fraction of sp³-hybridized carbons (Fsp3) is 0.0800. The van der Waals surface area contributed by atoms with Crippen LogP contribution in [0.15, 0.2) is 71.2 Å². The van der Waals surface area contributed by atoms with Crippen molar-refractivity contribution in [3.63, 3.8) is 0 Å². The Labute approximate surface area is 215 Å². The highest BCUT2D eigenvalue weighted by molar-refractivity contribution is 7.80. The molecule has 0 aliphatic heterocycles. The number of hydrogen-bond acceptors (Lipinski definition) is 7. The Morgan fingerprint density at radius 3 is 2.69 bits per heavy atom. The van der Waals surface area contributed by atoms with Gasteiger partial charge in [-0.2, -0.15) is 0 Å². The van der Waals surface area contributed by atoms with Gasteiger partial charge in [0.25, 0.3) is 5.69 Å². The van der Waals surface area contributed by atoms with Gasteiger partial charge in [-0.1, -0.05) is 17.7 Å². The summed E-state index contributed by atoms with van der Waals surface area (Å²) in [5.41, 5.74) is 2.83. The lowest BCUT2D eigenvalue weighted by Gasteiger charge is -2.07. The van der Waals surface area contributed by atoms with Crippen molar-refractivity contribution in [2.24, 2.45) is 0 Å². The van der Waals surface area contributed by atoms with Gasteiger partial charge >= 0.3 is 0 Å². The van der Waals surface area contributed by atoms with E-state index in [1.807, 2.05) is 31.2 Å². The van der Waals surface area contributed by atoms with E-state index in [-0.39, 0.29) is 15.8 Å². The Morgan fingerprint density at radius 2 is 1.97 bits per heavy atom. The topological polar surface area (TPSA) is 120 Å². The minimum absolute atomic E-state index is 0.0164. The molecular weight excluding hydrogens is 504 g/mol. The maximum atomic E-state index is 12.2. The number of hydrogen-bond donors (Lipinski definition) is 2. The van der Waals surface area contributed by atoms with Crippen LogP contribution in [-0.2, 0) is 4.79 Å². The molecule has 2 N–H and O–H groups in total. The van der Waals surface area contributed by atoms with E-state index >= 15 is 0 Å². The van der Waals surface area contributed by atoms with E-state index in [2.05, 4.69) is 15.6 Å². The van der Waals surface area contributed by atoms with Crippen molar-refractivity contribution in [2.75, 3.05) is 11.9 Å². The third kappa shape index (κ3) is 6.04. The summed E-state index contributed by atoms with van der Waals surface area (Å²) in [6, 6.07) is 16.9. The molecule has 0 spiro atoms. The molecule has 1 aromatic heterocycles. The van der Waals surface area contributed by atoms with E-state index in [1.165, 1.54) is 24.3 Å². The Hall–Kier alpha value is -4.28. The Balaban J connectivity index is 1.39. The number of carbonyl (C=O) groups is 1. The van der Waals surface area contributed by atoms with Crippen molar-refractivity contribution in [3.8, 4) is 17.2 Å². The number of nitro benzene ring substituents is 1. The van der Waals surface area contributed by atoms with Crippen LogP contribution in [0, 0.1) is 10.1 Å². The van der Waals surface area contributed by atoms with E-state index in [0.29, 0.717) is 34.8 Å². The number of carbonyl (C=O) groups excluding carboxylic acids is 1. The zero-order valence-electron chi connectivity index (χ0n) is 18.9. The fourth-order valence-corrected chi connectivity index (χ4v) is 3.66. The predicted molar refractivity (Wildman–Crippen MR) is 142 cm³/mol. The largest absolute Gasteiger partial charge is 0.494 e. The number of anilines is 1. The maximum absolute atomic E-state index is 12.2. The third-order valence-corrected chi connectivity index (χ3v) is 5.41. The first kappa shape index (κ1) is 24.8. The molecule has 1 amide bonds. The van der Waals surface area contributed by atoms with Crippen molar-refractivity contribution in [3.05, 3.63) is 87.4 Å². The van der Waals surface area contributed by atoms with E-state index in [1.54, 1.807) is 24.3 Å². The number of amides is 1. The van der Waals surface area contributed by atoms with Gasteiger partial charge in [-0.05, 0) is 79.3 Å². The number of oxazole rings is 1. The Kier molecular flexibility index (Phi) is 7.57. The summed E-state index contributed by atoms with van der Waals surface area (Å²) in [7, 11) is 0. The molecule has 0 aliphatic carbocycles. The lowest BCUT2D eigenvalue weighted by molar-refractivity contribution is -0.384. The van der Waals surface area contributed by atoms with Crippen molar-refractivity contribution in [2.45, 2.75) is 6.92 Å². The standard InChI is InChI=1S/C25H19ClN4O5S/c1-2-34-18-8-5-16(6-9-18)24-28-20-14-17(7-11-22(20)35-24)27-25(36)29-23(31)12-4-15-3-10-19(26)21(13-15)30(32)33/h3-14H,2H2,1H3,(H2,27,29,31,36). The number of benzene rings is 3. The van der Waals surface area contributed by atoms with Crippen LogP contribution < -0.4 is 15.4 Å². The number of fused-ring (bicyclic) bond motifs is 1. The minimum atomic E-state index is -0.592. The first-order valence-electron chi connectivity index (χ1n) is 10.7. The third-order valence-electron chi connectivity index (χ3n) is 4.89. The van der Waals surface area contributed by atoms with Gasteiger partial charge in [0.15, 0.2) is 10.7 Å². The lowest BCUT2D eigenvalue weighted by Crippen LogP contribution is -2.32. The molecule has 0 saturated heterocycles. The van der Waals surface area contributed by atoms with E-state index in [9.17, 15) is 14.9 Å². The average molecular weight is 523 g/mol. The van der Waals surface area contributed by atoms with Crippen molar-refractivity contribution < 1.29 is 18.9 Å². The van der Waals surface area contributed by atoms with Crippen LogP contribution in [0.1, 0.15) is 12.5 Å². The van der Waals surface area contributed by atoms with Gasteiger partial charge in [0, 0.05) is 23.4 Å². The summed E-state index contributed by atoms with van der Waals surface area (Å²) in [6.45, 7) is 2.51. The van der Waals surface area contributed by atoms with Crippen molar-refractivity contribution in [1.82, 2.24) is 10.3 Å². The zero-order valence-corrected chi connectivity index (χ0v) is 20.4. The van der Waals surface area contributed by atoms with Crippen LogP contribution >= 0.6 is 23.8 Å². The first-order chi connectivity index (χ1) is 17.3. The van der Waals surface area contributed by atoms with E-state index in [0.717, 1.165) is 11.3 Å². The molecule has 4 aromatic rings. The number of nitrogens with zero attached hydrogens (tertiary/aromatic N) is 2. The number of nitrogens with one attached hydrogen (secondary N) is 2. The molecule has 0 saturated carbocycles. The molecule has 3 aromatic carbocycles. The quantitative estimate of drug-likeness (QED) is 0.132.